The predicted molar refractivity (Wildman–Crippen MR) is 113 cm³/mol. The number of hydrogen-bond acceptors (Lipinski definition) is 6. The SMILES string of the molecule is COc1cccc(CC(=O)N[C@H]2C[C@H](C(N)=O)C[C@H]2c2nc(-c3ccccc3)no2)c1. The third kappa shape index (κ3) is 4.74. The highest BCUT2D eigenvalue weighted by atomic mass is 16.5. The summed E-state index contributed by atoms with van der Waals surface area (Å²) < 4.78 is 10.7. The van der Waals surface area contributed by atoms with Crippen molar-refractivity contribution >= 4 is 11.8 Å². The monoisotopic (exact) mass is 420 g/mol. The lowest BCUT2D eigenvalue weighted by molar-refractivity contribution is -0.123. The maximum absolute atomic E-state index is 12.7. The molecule has 0 saturated heterocycles. The predicted octanol–water partition coefficient (Wildman–Crippen LogP) is 2.45. The van der Waals surface area contributed by atoms with Crippen molar-refractivity contribution in [3.8, 4) is 17.1 Å². The fraction of sp³-hybridized carbons (Fsp3) is 0.304. The molecule has 0 aliphatic heterocycles. The first kappa shape index (κ1) is 20.6. The van der Waals surface area contributed by atoms with Crippen LogP contribution >= 0.6 is 0 Å². The molecule has 3 N–H and O–H groups in total. The third-order valence-electron chi connectivity index (χ3n) is 5.60. The first-order valence-corrected chi connectivity index (χ1v) is 10.1. The van der Waals surface area contributed by atoms with E-state index in [1.165, 1.54) is 0 Å². The van der Waals surface area contributed by atoms with Crippen molar-refractivity contribution in [1.82, 2.24) is 15.5 Å². The first-order valence-electron chi connectivity index (χ1n) is 10.1. The van der Waals surface area contributed by atoms with Crippen molar-refractivity contribution in [3.63, 3.8) is 0 Å². The number of rotatable bonds is 7. The number of carbonyl (C=O) groups excluding carboxylic acids is 2. The topological polar surface area (TPSA) is 120 Å². The van der Waals surface area contributed by atoms with Crippen LogP contribution in [0, 0.1) is 5.92 Å². The van der Waals surface area contributed by atoms with Gasteiger partial charge in [0.05, 0.1) is 19.4 Å². The molecule has 2 amide bonds. The fourth-order valence-corrected chi connectivity index (χ4v) is 4.02. The Balaban J connectivity index is 1.50. The van der Waals surface area contributed by atoms with Crippen molar-refractivity contribution in [2.75, 3.05) is 7.11 Å². The molecule has 8 nitrogen and oxygen atoms in total. The number of nitrogens with zero attached hydrogens (tertiary/aromatic N) is 2. The van der Waals surface area contributed by atoms with E-state index in [-0.39, 0.29) is 30.2 Å². The lowest BCUT2D eigenvalue weighted by Gasteiger charge is -2.18. The summed E-state index contributed by atoms with van der Waals surface area (Å²) in [5.74, 6) is 0.371. The molecule has 3 aromatic rings. The van der Waals surface area contributed by atoms with Gasteiger partial charge in [0.1, 0.15) is 5.75 Å². The molecule has 1 aliphatic carbocycles. The molecule has 0 bridgehead atoms. The maximum Gasteiger partial charge on any atom is 0.232 e. The van der Waals surface area contributed by atoms with Crippen molar-refractivity contribution in [3.05, 3.63) is 66.1 Å². The van der Waals surface area contributed by atoms with Crippen molar-refractivity contribution in [2.45, 2.75) is 31.2 Å². The van der Waals surface area contributed by atoms with Crippen LogP contribution in [0.15, 0.2) is 59.1 Å². The Morgan fingerprint density at radius 3 is 2.71 bits per heavy atom. The van der Waals surface area contributed by atoms with Crippen LogP contribution in [0.2, 0.25) is 0 Å². The van der Waals surface area contributed by atoms with E-state index in [1.807, 2.05) is 54.6 Å². The molecule has 0 unspecified atom stereocenters. The van der Waals surface area contributed by atoms with Crippen LogP contribution in [-0.2, 0) is 16.0 Å². The summed E-state index contributed by atoms with van der Waals surface area (Å²) in [6.45, 7) is 0. The second-order valence-electron chi connectivity index (χ2n) is 7.70. The minimum atomic E-state index is -0.391. The molecule has 1 aromatic heterocycles. The lowest BCUT2D eigenvalue weighted by atomic mass is 10.0. The standard InChI is InChI=1S/C23H24N4O4/c1-30-17-9-5-6-14(10-17)11-20(28)25-19-13-16(21(24)29)12-18(19)23-26-22(27-31-23)15-7-3-2-4-8-15/h2-10,16,18-19H,11-13H2,1H3,(H2,24,29)(H,25,28)/t16-,18-,19+/m1/s1. The number of primary amides is 1. The Labute approximate surface area is 179 Å². The normalized spacial score (nSPS) is 20.4. The van der Waals surface area contributed by atoms with Gasteiger partial charge in [-0.3, -0.25) is 9.59 Å². The number of aromatic nitrogens is 2. The van der Waals surface area contributed by atoms with Crippen LogP contribution in [0.5, 0.6) is 5.75 Å². The van der Waals surface area contributed by atoms with Crippen molar-refractivity contribution in [1.29, 1.82) is 0 Å². The van der Waals surface area contributed by atoms with Crippen molar-refractivity contribution in [2.24, 2.45) is 11.7 Å². The van der Waals surface area contributed by atoms with E-state index < -0.39 is 5.91 Å². The minimum Gasteiger partial charge on any atom is -0.497 e. The second-order valence-corrected chi connectivity index (χ2v) is 7.70. The summed E-state index contributed by atoms with van der Waals surface area (Å²) in [5.41, 5.74) is 7.22. The van der Waals surface area contributed by atoms with Crippen LogP contribution in [-0.4, -0.2) is 35.1 Å². The Kier molecular flexibility index (Phi) is 5.97. The molecule has 31 heavy (non-hydrogen) atoms. The third-order valence-corrected chi connectivity index (χ3v) is 5.60. The number of carbonyl (C=O) groups is 2. The quantitative estimate of drug-likeness (QED) is 0.606. The zero-order valence-electron chi connectivity index (χ0n) is 17.2. The van der Waals surface area contributed by atoms with Crippen LogP contribution in [0.3, 0.4) is 0 Å². The van der Waals surface area contributed by atoms with E-state index in [4.69, 9.17) is 15.0 Å². The molecule has 2 aromatic carbocycles. The lowest BCUT2D eigenvalue weighted by Crippen LogP contribution is -2.38. The molecular weight excluding hydrogens is 396 g/mol. The van der Waals surface area contributed by atoms with E-state index >= 15 is 0 Å². The van der Waals surface area contributed by atoms with Gasteiger partial charge < -0.3 is 20.3 Å². The number of ether oxygens (including phenoxy) is 1. The largest absolute Gasteiger partial charge is 0.497 e. The van der Waals surface area contributed by atoms with Gasteiger partial charge >= 0.3 is 0 Å². The molecule has 1 fully saturated rings. The fourth-order valence-electron chi connectivity index (χ4n) is 4.02. The molecule has 160 valence electrons. The van der Waals surface area contributed by atoms with Crippen LogP contribution in [0.25, 0.3) is 11.4 Å². The van der Waals surface area contributed by atoms with Gasteiger partial charge in [-0.05, 0) is 30.5 Å². The highest BCUT2D eigenvalue weighted by Crippen LogP contribution is 2.38. The Morgan fingerprint density at radius 1 is 1.16 bits per heavy atom. The summed E-state index contributed by atoms with van der Waals surface area (Å²) in [6, 6.07) is 16.5. The number of amides is 2. The van der Waals surface area contributed by atoms with Crippen LogP contribution < -0.4 is 15.8 Å². The summed E-state index contributed by atoms with van der Waals surface area (Å²) in [6.07, 6.45) is 1.09. The second kappa shape index (κ2) is 8.99. The van der Waals surface area contributed by atoms with E-state index in [9.17, 15) is 9.59 Å². The average Bonchev–Trinajstić information content (AvgIpc) is 3.42. The Morgan fingerprint density at radius 2 is 1.97 bits per heavy atom. The van der Waals surface area contributed by atoms with Gasteiger partial charge in [-0.1, -0.05) is 47.6 Å². The zero-order valence-corrected chi connectivity index (χ0v) is 17.2. The molecular formula is C23H24N4O4. The molecule has 8 heteroatoms. The summed E-state index contributed by atoms with van der Waals surface area (Å²) >= 11 is 0. The summed E-state index contributed by atoms with van der Waals surface area (Å²) in [7, 11) is 1.58. The molecule has 3 atom stereocenters. The molecule has 1 aliphatic rings. The van der Waals surface area contributed by atoms with E-state index in [1.54, 1.807) is 7.11 Å². The number of hydrogen-bond donors (Lipinski definition) is 2. The number of nitrogens with one attached hydrogen (secondary N) is 1. The Hall–Kier alpha value is -3.68. The van der Waals surface area contributed by atoms with Gasteiger partial charge in [-0.25, -0.2) is 0 Å². The van der Waals surface area contributed by atoms with E-state index in [0.717, 1.165) is 11.1 Å². The maximum atomic E-state index is 12.7. The van der Waals surface area contributed by atoms with Gasteiger partial charge in [0.2, 0.25) is 23.5 Å². The molecule has 0 radical (unpaired) electrons. The molecule has 1 heterocycles. The summed E-state index contributed by atoms with van der Waals surface area (Å²) in [4.78, 5) is 29.1. The van der Waals surface area contributed by atoms with Gasteiger partial charge in [0.15, 0.2) is 0 Å². The van der Waals surface area contributed by atoms with Crippen molar-refractivity contribution < 1.29 is 18.8 Å². The van der Waals surface area contributed by atoms with Crippen LogP contribution in [0.4, 0.5) is 0 Å². The molecule has 1 saturated carbocycles. The average molecular weight is 420 g/mol. The Bertz CT molecular complexity index is 1070. The smallest absolute Gasteiger partial charge is 0.232 e. The number of benzene rings is 2. The molecule has 0 spiro atoms. The van der Waals surface area contributed by atoms with E-state index in [2.05, 4.69) is 15.5 Å². The van der Waals surface area contributed by atoms with Gasteiger partial charge in [-0.15, -0.1) is 0 Å². The number of nitrogens with two attached hydrogens (primary N) is 1. The highest BCUT2D eigenvalue weighted by Gasteiger charge is 2.41. The minimum absolute atomic E-state index is 0.156. The number of methoxy groups -OCH3 is 1. The zero-order chi connectivity index (χ0) is 21.8. The molecule has 4 rings (SSSR count). The van der Waals surface area contributed by atoms with Gasteiger partial charge in [-0.2, -0.15) is 4.98 Å². The van der Waals surface area contributed by atoms with Gasteiger partial charge in [0.25, 0.3) is 0 Å². The highest BCUT2D eigenvalue weighted by molar-refractivity contribution is 5.80. The van der Waals surface area contributed by atoms with Gasteiger partial charge in [0, 0.05) is 17.5 Å². The van der Waals surface area contributed by atoms with Crippen LogP contribution in [0.1, 0.15) is 30.2 Å². The van der Waals surface area contributed by atoms with E-state index in [0.29, 0.717) is 30.3 Å². The first-order chi connectivity index (χ1) is 15.0. The summed E-state index contributed by atoms with van der Waals surface area (Å²) in [5, 5.41) is 7.10.